The quantitative estimate of drug-likeness (QED) is 0.351. The summed E-state index contributed by atoms with van der Waals surface area (Å²) in [5, 5.41) is 24.9. The number of halogens is 2. The Morgan fingerprint density at radius 3 is 2.55 bits per heavy atom. The average molecular weight is 505 g/mol. The lowest BCUT2D eigenvalue weighted by molar-refractivity contribution is -0.160. The minimum atomic E-state index is -1.36. The zero-order valence-corrected chi connectivity index (χ0v) is 19.9. The molecule has 0 saturated carbocycles. The molecule has 4 N–H and O–H groups in total. The van der Waals surface area contributed by atoms with Crippen LogP contribution in [0.1, 0.15) is 37.0 Å². The third-order valence-corrected chi connectivity index (χ3v) is 5.36. The van der Waals surface area contributed by atoms with E-state index in [9.17, 15) is 24.6 Å². The molecule has 13 heteroatoms. The number of nitrogens with one attached hydrogen (secondary N) is 2. The first-order valence-corrected chi connectivity index (χ1v) is 11.0. The van der Waals surface area contributed by atoms with Crippen molar-refractivity contribution < 1.29 is 38.6 Å². The summed E-state index contributed by atoms with van der Waals surface area (Å²) in [7, 11) is 0.161. The summed E-state index contributed by atoms with van der Waals surface area (Å²) in [4.78, 5) is 37.1. The van der Waals surface area contributed by atoms with Crippen molar-refractivity contribution >= 4 is 48.1 Å². The maximum Gasteiger partial charge on any atom is 0.483 e. The van der Waals surface area contributed by atoms with E-state index in [0.717, 1.165) is 0 Å². The van der Waals surface area contributed by atoms with Crippen LogP contribution in [0.3, 0.4) is 0 Å². The number of carbonyl (C=O) groups excluding carboxylic acids is 2. The number of aliphatic hydroxyl groups is 1. The van der Waals surface area contributed by atoms with E-state index in [1.807, 2.05) is 13.8 Å². The van der Waals surface area contributed by atoms with Crippen LogP contribution < -0.4 is 10.6 Å². The number of carbonyl (C=O) groups is 3. The van der Waals surface area contributed by atoms with Gasteiger partial charge in [0.2, 0.25) is 5.91 Å². The highest BCUT2D eigenvalue weighted by molar-refractivity contribution is 6.47. The molecule has 1 heterocycles. The average Bonchev–Trinajstić information content (AvgIpc) is 2.73. The Morgan fingerprint density at radius 1 is 1.24 bits per heavy atom. The Morgan fingerprint density at radius 2 is 1.94 bits per heavy atom. The highest BCUT2D eigenvalue weighted by Gasteiger charge is 2.43. The van der Waals surface area contributed by atoms with Gasteiger partial charge in [0, 0.05) is 18.6 Å². The number of aliphatic carboxylic acids is 1. The number of ether oxygens (including phenoxy) is 1. The Hall–Kier alpha value is -1.89. The Bertz CT molecular complexity index is 859. The molecule has 0 bridgehead atoms. The van der Waals surface area contributed by atoms with Crippen molar-refractivity contribution in [3.63, 3.8) is 0 Å². The monoisotopic (exact) mass is 504 g/mol. The van der Waals surface area contributed by atoms with Crippen molar-refractivity contribution in [1.82, 2.24) is 10.6 Å². The number of methoxy groups -OCH3 is 1. The minimum absolute atomic E-state index is 0.0607. The van der Waals surface area contributed by atoms with Gasteiger partial charge < -0.3 is 34.9 Å². The summed E-state index contributed by atoms with van der Waals surface area (Å²) in [6, 6.07) is 3.25. The Labute approximate surface area is 202 Å². The standard InChI is InChI=1S/C20H27BCl2N2O8/c1-10(2)6-16(21-32-15(20(29)30)8-17(26)33-21)25-19(28)14(9-31-3)24-18(27)12-7-11(22)4-5-13(12)23/h4-5,7,10,14-17,26H,6,8-9H2,1-3H3,(H,24,27)(H,25,28)(H,29,30)/t14-,15?,16-,17?/m0/s1. The first-order valence-electron chi connectivity index (χ1n) is 10.3. The maximum absolute atomic E-state index is 13.0. The Kier molecular flexibility index (Phi) is 10.4. The Balaban J connectivity index is 2.17. The van der Waals surface area contributed by atoms with Crippen molar-refractivity contribution in [3.8, 4) is 0 Å². The summed E-state index contributed by atoms with van der Waals surface area (Å²) < 4.78 is 15.9. The molecule has 33 heavy (non-hydrogen) atoms. The third-order valence-electron chi connectivity index (χ3n) is 4.79. The summed E-state index contributed by atoms with van der Waals surface area (Å²) in [5.74, 6) is -3.24. The smallest absolute Gasteiger partial charge is 0.479 e. The molecule has 2 rings (SSSR count). The van der Waals surface area contributed by atoms with Crippen LogP contribution in [0.25, 0.3) is 0 Å². The maximum atomic E-state index is 13.0. The SMILES string of the molecule is COC[C@H](NC(=O)c1cc(Cl)ccc1Cl)C(=O)N[C@@H](CC(C)C)B1OC(O)CC(C(=O)O)O1. The molecule has 0 radical (unpaired) electrons. The normalized spacial score (nSPS) is 20.3. The molecule has 0 spiro atoms. The summed E-state index contributed by atoms with van der Waals surface area (Å²) in [5.41, 5.74) is 0.0863. The van der Waals surface area contributed by atoms with Gasteiger partial charge in [-0.15, -0.1) is 0 Å². The van der Waals surface area contributed by atoms with Crippen molar-refractivity contribution in [2.24, 2.45) is 5.92 Å². The van der Waals surface area contributed by atoms with Gasteiger partial charge in [-0.05, 0) is 30.5 Å². The van der Waals surface area contributed by atoms with Crippen molar-refractivity contribution in [1.29, 1.82) is 0 Å². The van der Waals surface area contributed by atoms with E-state index in [4.69, 9.17) is 37.2 Å². The second kappa shape index (κ2) is 12.5. The molecule has 1 aromatic rings. The largest absolute Gasteiger partial charge is 0.483 e. The number of rotatable bonds is 10. The van der Waals surface area contributed by atoms with E-state index >= 15 is 0 Å². The lowest BCUT2D eigenvalue weighted by Gasteiger charge is -2.34. The molecule has 1 fully saturated rings. The van der Waals surface area contributed by atoms with Crippen LogP contribution in [-0.2, 0) is 23.6 Å². The van der Waals surface area contributed by atoms with Crippen molar-refractivity contribution in [3.05, 3.63) is 33.8 Å². The second-order valence-electron chi connectivity index (χ2n) is 8.01. The van der Waals surface area contributed by atoms with Crippen LogP contribution in [0.5, 0.6) is 0 Å². The summed E-state index contributed by atoms with van der Waals surface area (Å²) in [6.45, 7) is 3.63. The predicted octanol–water partition coefficient (Wildman–Crippen LogP) is 1.50. The van der Waals surface area contributed by atoms with Crippen LogP contribution in [-0.4, -0.2) is 73.2 Å². The van der Waals surface area contributed by atoms with Crippen LogP contribution in [0.2, 0.25) is 10.0 Å². The number of amides is 2. The lowest BCUT2D eigenvalue weighted by atomic mass is 9.72. The number of carboxylic acids is 1. The molecule has 1 aromatic carbocycles. The summed E-state index contributed by atoms with van der Waals surface area (Å²) >= 11 is 12.0. The fraction of sp³-hybridized carbons (Fsp3) is 0.550. The summed E-state index contributed by atoms with van der Waals surface area (Å²) in [6.07, 6.45) is -2.54. The van der Waals surface area contributed by atoms with Crippen molar-refractivity contribution in [2.45, 2.75) is 51.1 Å². The van der Waals surface area contributed by atoms with E-state index in [0.29, 0.717) is 11.4 Å². The highest BCUT2D eigenvalue weighted by atomic mass is 35.5. The van der Waals surface area contributed by atoms with Gasteiger partial charge >= 0.3 is 13.1 Å². The van der Waals surface area contributed by atoms with Crippen molar-refractivity contribution in [2.75, 3.05) is 13.7 Å². The second-order valence-corrected chi connectivity index (χ2v) is 8.85. The molecule has 0 aliphatic carbocycles. The highest BCUT2D eigenvalue weighted by Crippen LogP contribution is 2.22. The van der Waals surface area contributed by atoms with E-state index in [2.05, 4.69) is 10.6 Å². The van der Waals surface area contributed by atoms with Crippen LogP contribution in [0.15, 0.2) is 18.2 Å². The van der Waals surface area contributed by atoms with Crippen LogP contribution in [0, 0.1) is 5.92 Å². The van der Waals surface area contributed by atoms with Crippen LogP contribution >= 0.6 is 23.2 Å². The first kappa shape index (κ1) is 27.4. The van der Waals surface area contributed by atoms with Gasteiger partial charge in [0.15, 0.2) is 0 Å². The molecule has 4 atom stereocenters. The molecule has 2 unspecified atom stereocenters. The third kappa shape index (κ3) is 8.13. The molecular formula is C20H27BCl2N2O8. The number of aliphatic hydroxyl groups excluding tert-OH is 1. The molecular weight excluding hydrogens is 478 g/mol. The molecule has 2 amide bonds. The topological polar surface area (TPSA) is 143 Å². The number of benzene rings is 1. The zero-order valence-electron chi connectivity index (χ0n) is 18.4. The molecule has 182 valence electrons. The zero-order chi connectivity index (χ0) is 24.7. The number of hydrogen-bond acceptors (Lipinski definition) is 7. The van der Waals surface area contributed by atoms with Crippen LogP contribution in [0.4, 0.5) is 0 Å². The number of hydrogen-bond donors (Lipinski definition) is 4. The molecule has 0 aromatic heterocycles. The van der Waals surface area contributed by atoms with Gasteiger partial charge in [0.05, 0.1) is 23.1 Å². The van der Waals surface area contributed by atoms with Gasteiger partial charge in [-0.1, -0.05) is 37.0 Å². The van der Waals surface area contributed by atoms with Gasteiger partial charge in [-0.2, -0.15) is 0 Å². The fourth-order valence-electron chi connectivity index (χ4n) is 3.28. The van der Waals surface area contributed by atoms with Gasteiger partial charge in [0.25, 0.3) is 5.91 Å². The first-order chi connectivity index (χ1) is 15.5. The number of carboxylic acid groups (broad SMARTS) is 1. The fourth-order valence-corrected chi connectivity index (χ4v) is 3.65. The molecule has 1 saturated heterocycles. The predicted molar refractivity (Wildman–Crippen MR) is 121 cm³/mol. The van der Waals surface area contributed by atoms with Gasteiger partial charge in [0.1, 0.15) is 18.4 Å². The minimum Gasteiger partial charge on any atom is -0.479 e. The van der Waals surface area contributed by atoms with Gasteiger partial charge in [-0.25, -0.2) is 4.79 Å². The van der Waals surface area contributed by atoms with E-state index in [-0.39, 0.29) is 29.5 Å². The molecule has 1 aliphatic heterocycles. The van der Waals surface area contributed by atoms with E-state index in [1.54, 1.807) is 0 Å². The molecule has 1 aliphatic rings. The molecule has 10 nitrogen and oxygen atoms in total. The van der Waals surface area contributed by atoms with E-state index in [1.165, 1.54) is 25.3 Å². The van der Waals surface area contributed by atoms with E-state index < -0.39 is 49.3 Å². The lowest BCUT2D eigenvalue weighted by Crippen LogP contribution is -2.60. The van der Waals surface area contributed by atoms with Gasteiger partial charge in [-0.3, -0.25) is 9.59 Å².